The van der Waals surface area contributed by atoms with Crippen molar-refractivity contribution in [1.29, 1.82) is 0 Å². The van der Waals surface area contributed by atoms with Crippen molar-refractivity contribution in [2.24, 2.45) is 0 Å². The number of aromatic nitrogens is 1. The molecule has 0 saturated heterocycles. The molecule has 0 aliphatic heterocycles. The Balaban J connectivity index is 2.48. The number of nitrogens with zero attached hydrogens (tertiary/aromatic N) is 2. The molecule has 1 amide bonds. The number of rotatable bonds is 5. The van der Waals surface area contributed by atoms with Gasteiger partial charge in [-0.3, -0.25) is 9.59 Å². The molecular weight excluding hydrogens is 208 g/mol. The molecule has 0 atom stereocenters. The van der Waals surface area contributed by atoms with Crippen LogP contribution in [0.4, 0.5) is 0 Å². The van der Waals surface area contributed by atoms with Crippen LogP contribution in [0.3, 0.4) is 0 Å². The number of carbonyl (C=O) groups excluding carboxylic acids is 2. The van der Waals surface area contributed by atoms with E-state index in [0.29, 0.717) is 24.3 Å². The highest BCUT2D eigenvalue weighted by molar-refractivity contribution is 5.77. The van der Waals surface area contributed by atoms with Crippen molar-refractivity contribution in [3.05, 3.63) is 24.0 Å². The number of ether oxygens (including phenoxy) is 1. The van der Waals surface area contributed by atoms with Crippen LogP contribution in [0, 0.1) is 0 Å². The van der Waals surface area contributed by atoms with Gasteiger partial charge in [-0.05, 0) is 19.1 Å². The second kappa shape index (κ2) is 5.85. The summed E-state index contributed by atoms with van der Waals surface area (Å²) in [6, 6.07) is 3.15. The summed E-state index contributed by atoms with van der Waals surface area (Å²) in [5.41, 5.74) is 0.337. The Morgan fingerprint density at radius 2 is 2.31 bits per heavy atom. The molecule has 5 heteroatoms. The van der Waals surface area contributed by atoms with Gasteiger partial charge in [-0.2, -0.15) is 0 Å². The first-order chi connectivity index (χ1) is 7.67. The van der Waals surface area contributed by atoms with Crippen molar-refractivity contribution in [3.8, 4) is 5.75 Å². The molecule has 0 spiro atoms. The summed E-state index contributed by atoms with van der Waals surface area (Å²) in [5.74, 6) is 0.380. The van der Waals surface area contributed by atoms with E-state index in [1.807, 2.05) is 6.92 Å². The van der Waals surface area contributed by atoms with E-state index in [1.54, 1.807) is 18.0 Å². The molecule has 86 valence electrons. The maximum atomic E-state index is 11.4. The van der Waals surface area contributed by atoms with Crippen molar-refractivity contribution < 1.29 is 14.3 Å². The SMILES string of the molecule is CCN(C)C(=O)COc1ccc(C=O)nc1. The Morgan fingerprint density at radius 1 is 1.56 bits per heavy atom. The third kappa shape index (κ3) is 3.34. The van der Waals surface area contributed by atoms with Crippen LogP contribution in [-0.2, 0) is 4.79 Å². The predicted octanol–water partition coefficient (Wildman–Crippen LogP) is 0.751. The summed E-state index contributed by atoms with van der Waals surface area (Å²) in [6.45, 7) is 2.51. The average Bonchev–Trinajstić information content (AvgIpc) is 2.35. The van der Waals surface area contributed by atoms with Gasteiger partial charge in [0.05, 0.1) is 6.20 Å². The Morgan fingerprint density at radius 3 is 2.81 bits per heavy atom. The summed E-state index contributed by atoms with van der Waals surface area (Å²) in [5, 5.41) is 0. The maximum Gasteiger partial charge on any atom is 0.260 e. The highest BCUT2D eigenvalue weighted by Gasteiger charge is 2.07. The van der Waals surface area contributed by atoms with Crippen LogP contribution in [0.25, 0.3) is 0 Å². The minimum Gasteiger partial charge on any atom is -0.482 e. The molecule has 0 radical (unpaired) electrons. The van der Waals surface area contributed by atoms with Crippen LogP contribution in [0.2, 0.25) is 0 Å². The number of aldehydes is 1. The first-order valence-corrected chi connectivity index (χ1v) is 4.95. The van der Waals surface area contributed by atoms with Gasteiger partial charge in [0.2, 0.25) is 0 Å². The van der Waals surface area contributed by atoms with Gasteiger partial charge in [0.1, 0.15) is 11.4 Å². The molecule has 1 rings (SSSR count). The Bertz CT molecular complexity index is 362. The molecule has 5 nitrogen and oxygen atoms in total. The summed E-state index contributed by atoms with van der Waals surface area (Å²) < 4.78 is 5.22. The van der Waals surface area contributed by atoms with Crippen LogP contribution in [-0.4, -0.2) is 42.3 Å². The van der Waals surface area contributed by atoms with E-state index < -0.39 is 0 Å². The van der Waals surface area contributed by atoms with Crippen molar-refractivity contribution >= 4 is 12.2 Å². The van der Waals surface area contributed by atoms with E-state index in [-0.39, 0.29) is 12.5 Å². The molecule has 1 heterocycles. The Kier molecular flexibility index (Phi) is 4.44. The molecule has 0 unspecified atom stereocenters. The van der Waals surface area contributed by atoms with Gasteiger partial charge in [-0.1, -0.05) is 0 Å². The van der Waals surface area contributed by atoms with Crippen molar-refractivity contribution in [1.82, 2.24) is 9.88 Å². The molecular formula is C11H14N2O3. The van der Waals surface area contributed by atoms with E-state index in [2.05, 4.69) is 4.98 Å². The van der Waals surface area contributed by atoms with Crippen LogP contribution in [0.5, 0.6) is 5.75 Å². The normalized spacial score (nSPS) is 9.62. The lowest BCUT2D eigenvalue weighted by Gasteiger charge is -2.14. The van der Waals surface area contributed by atoms with E-state index in [0.717, 1.165) is 0 Å². The van der Waals surface area contributed by atoms with Gasteiger partial charge in [-0.25, -0.2) is 4.98 Å². The largest absolute Gasteiger partial charge is 0.482 e. The van der Waals surface area contributed by atoms with Crippen molar-refractivity contribution in [2.45, 2.75) is 6.92 Å². The van der Waals surface area contributed by atoms with Gasteiger partial charge in [0, 0.05) is 13.6 Å². The predicted molar refractivity (Wildman–Crippen MR) is 58.4 cm³/mol. The van der Waals surface area contributed by atoms with Gasteiger partial charge < -0.3 is 9.64 Å². The van der Waals surface area contributed by atoms with E-state index in [9.17, 15) is 9.59 Å². The molecule has 0 saturated carbocycles. The summed E-state index contributed by atoms with van der Waals surface area (Å²) in [4.78, 5) is 27.1. The zero-order valence-electron chi connectivity index (χ0n) is 9.34. The Labute approximate surface area is 94.0 Å². The lowest BCUT2D eigenvalue weighted by molar-refractivity contribution is -0.131. The third-order valence-corrected chi connectivity index (χ3v) is 2.14. The number of likely N-dealkylation sites (N-methyl/N-ethyl adjacent to an activating group) is 1. The van der Waals surface area contributed by atoms with E-state index in [1.165, 1.54) is 12.3 Å². The number of carbonyl (C=O) groups is 2. The van der Waals surface area contributed by atoms with Crippen LogP contribution >= 0.6 is 0 Å². The summed E-state index contributed by atoms with van der Waals surface area (Å²) in [6.07, 6.45) is 2.07. The molecule has 0 fully saturated rings. The highest BCUT2D eigenvalue weighted by atomic mass is 16.5. The Hall–Kier alpha value is -1.91. The smallest absolute Gasteiger partial charge is 0.260 e. The van der Waals surface area contributed by atoms with Gasteiger partial charge in [0.25, 0.3) is 5.91 Å². The first-order valence-electron chi connectivity index (χ1n) is 4.95. The monoisotopic (exact) mass is 222 g/mol. The lowest BCUT2D eigenvalue weighted by Crippen LogP contribution is -2.31. The average molecular weight is 222 g/mol. The zero-order valence-corrected chi connectivity index (χ0v) is 9.34. The minimum atomic E-state index is -0.0954. The molecule has 0 bridgehead atoms. The standard InChI is InChI=1S/C11H14N2O3/c1-3-13(2)11(15)8-16-10-5-4-9(7-14)12-6-10/h4-7H,3,8H2,1-2H3. The fourth-order valence-corrected chi connectivity index (χ4v) is 0.978. The van der Waals surface area contributed by atoms with Gasteiger partial charge >= 0.3 is 0 Å². The second-order valence-corrected chi connectivity index (χ2v) is 3.23. The molecule has 1 aromatic rings. The van der Waals surface area contributed by atoms with Gasteiger partial charge in [-0.15, -0.1) is 0 Å². The molecule has 16 heavy (non-hydrogen) atoms. The van der Waals surface area contributed by atoms with Crippen LogP contribution < -0.4 is 4.74 Å². The summed E-state index contributed by atoms with van der Waals surface area (Å²) in [7, 11) is 1.71. The molecule has 0 aliphatic rings. The van der Waals surface area contributed by atoms with Crippen molar-refractivity contribution in [2.75, 3.05) is 20.2 Å². The zero-order chi connectivity index (χ0) is 12.0. The van der Waals surface area contributed by atoms with Gasteiger partial charge in [0.15, 0.2) is 12.9 Å². The van der Waals surface area contributed by atoms with E-state index >= 15 is 0 Å². The highest BCUT2D eigenvalue weighted by Crippen LogP contribution is 2.08. The van der Waals surface area contributed by atoms with Crippen molar-refractivity contribution in [3.63, 3.8) is 0 Å². The molecule has 0 N–H and O–H groups in total. The first kappa shape index (κ1) is 12.2. The summed E-state index contributed by atoms with van der Waals surface area (Å²) >= 11 is 0. The fourth-order valence-electron chi connectivity index (χ4n) is 0.978. The maximum absolute atomic E-state index is 11.4. The third-order valence-electron chi connectivity index (χ3n) is 2.14. The number of amides is 1. The molecule has 1 aromatic heterocycles. The number of hydrogen-bond acceptors (Lipinski definition) is 4. The topological polar surface area (TPSA) is 59.5 Å². The molecule has 0 aliphatic carbocycles. The number of pyridine rings is 1. The van der Waals surface area contributed by atoms with E-state index in [4.69, 9.17) is 4.74 Å². The quantitative estimate of drug-likeness (QED) is 0.690. The van der Waals surface area contributed by atoms with Crippen LogP contribution in [0.15, 0.2) is 18.3 Å². The second-order valence-electron chi connectivity index (χ2n) is 3.23. The minimum absolute atomic E-state index is 0.0214. The van der Waals surface area contributed by atoms with Crippen LogP contribution in [0.1, 0.15) is 17.4 Å². The lowest BCUT2D eigenvalue weighted by atomic mass is 10.4. The number of hydrogen-bond donors (Lipinski definition) is 0. The molecule has 0 aromatic carbocycles. The fraction of sp³-hybridized carbons (Fsp3) is 0.364.